The van der Waals surface area contributed by atoms with Crippen molar-refractivity contribution >= 4 is 11.8 Å². The lowest BCUT2D eigenvalue weighted by Crippen LogP contribution is -2.27. The van der Waals surface area contributed by atoms with E-state index in [-0.39, 0.29) is 11.4 Å². The molecule has 6 heteroatoms. The zero-order chi connectivity index (χ0) is 27.4. The summed E-state index contributed by atoms with van der Waals surface area (Å²) < 4.78 is 13.8. The van der Waals surface area contributed by atoms with Crippen molar-refractivity contribution in [3.8, 4) is 11.4 Å². The molecule has 3 aliphatic rings. The number of halogens is 1. The van der Waals surface area contributed by atoms with Crippen LogP contribution >= 0.6 is 0 Å². The highest BCUT2D eigenvalue weighted by atomic mass is 19.1. The number of rotatable bonds is 8. The molecule has 3 aliphatic carbocycles. The molecule has 0 spiro atoms. The van der Waals surface area contributed by atoms with Gasteiger partial charge in [0, 0.05) is 30.6 Å². The molecule has 39 heavy (non-hydrogen) atoms. The molecule has 2 N–H and O–H groups in total. The highest BCUT2D eigenvalue weighted by Crippen LogP contribution is 2.41. The van der Waals surface area contributed by atoms with Crippen molar-refractivity contribution in [2.24, 2.45) is 4.99 Å². The van der Waals surface area contributed by atoms with E-state index < -0.39 is 0 Å². The number of aryl methyl sites for hydroxylation is 1. The van der Waals surface area contributed by atoms with Crippen LogP contribution in [-0.2, 0) is 0 Å². The zero-order valence-corrected chi connectivity index (χ0v) is 22.8. The first-order valence-electron chi connectivity index (χ1n) is 13.3. The molecule has 0 bridgehead atoms. The van der Waals surface area contributed by atoms with E-state index in [9.17, 15) is 4.39 Å². The number of pyridine rings is 1. The predicted molar refractivity (Wildman–Crippen MR) is 159 cm³/mol. The van der Waals surface area contributed by atoms with E-state index in [1.807, 2.05) is 19.5 Å². The second kappa shape index (κ2) is 11.3. The Morgan fingerprint density at radius 2 is 2.00 bits per heavy atom. The maximum atomic E-state index is 13.8. The Morgan fingerprint density at radius 3 is 2.74 bits per heavy atom. The third kappa shape index (κ3) is 5.96. The van der Waals surface area contributed by atoms with Crippen LogP contribution in [0.25, 0.3) is 17.0 Å². The van der Waals surface area contributed by atoms with Crippen LogP contribution in [0.1, 0.15) is 36.9 Å². The topological polar surface area (TPSA) is 66.0 Å². The molecule has 0 radical (unpaired) electrons. The number of allylic oxidation sites excluding steroid dienone is 14. The lowest BCUT2D eigenvalue weighted by Gasteiger charge is -2.15. The van der Waals surface area contributed by atoms with Crippen LogP contribution in [0.5, 0.6) is 0 Å². The van der Waals surface area contributed by atoms with Gasteiger partial charge in [-0.1, -0.05) is 60.8 Å². The van der Waals surface area contributed by atoms with E-state index in [4.69, 9.17) is 0 Å². The van der Waals surface area contributed by atoms with Crippen LogP contribution in [0.2, 0.25) is 0 Å². The third-order valence-electron chi connectivity index (χ3n) is 7.44. The number of fused-ring (bicyclic) bond motifs is 1. The van der Waals surface area contributed by atoms with Crippen molar-refractivity contribution in [1.82, 2.24) is 20.5 Å². The van der Waals surface area contributed by atoms with Crippen molar-refractivity contribution in [3.05, 3.63) is 125 Å². The molecule has 5 nitrogen and oxygen atoms in total. The Bertz CT molecular complexity index is 1530. The number of aliphatic imine (C=N–C) groups is 1. The zero-order valence-electron chi connectivity index (χ0n) is 22.8. The predicted octanol–water partition coefficient (Wildman–Crippen LogP) is 6.94. The third-order valence-corrected chi connectivity index (χ3v) is 7.44. The number of H-pyrrole nitrogens is 1. The van der Waals surface area contributed by atoms with E-state index in [2.05, 4.69) is 86.8 Å². The number of nitrogens with one attached hydrogen (secondary N) is 2. The van der Waals surface area contributed by atoms with E-state index in [1.54, 1.807) is 20.0 Å². The summed E-state index contributed by atoms with van der Waals surface area (Å²) in [5.74, 6) is -0.325. The second-order valence-corrected chi connectivity index (χ2v) is 10.2. The SMILES string of the molecule is C=C(/C=C(\C=N/C)C1=CCC=C2\C=C/C(c3c[nH]nc3-c3ccc(F)c(C)n3)=C/C=C/C2=C1)CC1(NC)CC1. The van der Waals surface area contributed by atoms with Gasteiger partial charge in [0.25, 0.3) is 0 Å². The summed E-state index contributed by atoms with van der Waals surface area (Å²) in [6.45, 7) is 6.00. The van der Waals surface area contributed by atoms with Gasteiger partial charge in [-0.25, -0.2) is 9.37 Å². The molecule has 0 unspecified atom stereocenters. The highest BCUT2D eigenvalue weighted by molar-refractivity contribution is 5.88. The van der Waals surface area contributed by atoms with Crippen LogP contribution in [0.3, 0.4) is 0 Å². The maximum Gasteiger partial charge on any atom is 0.144 e. The summed E-state index contributed by atoms with van der Waals surface area (Å²) in [4.78, 5) is 8.73. The van der Waals surface area contributed by atoms with E-state index in [1.165, 1.54) is 18.9 Å². The summed E-state index contributed by atoms with van der Waals surface area (Å²) in [7, 11) is 3.84. The first-order chi connectivity index (χ1) is 18.9. The van der Waals surface area contributed by atoms with Crippen molar-refractivity contribution in [2.45, 2.75) is 38.1 Å². The number of hydrogen-bond donors (Lipinski definition) is 2. The van der Waals surface area contributed by atoms with Gasteiger partial charge in [0.1, 0.15) is 11.5 Å². The molecule has 0 atom stereocenters. The van der Waals surface area contributed by atoms with Crippen molar-refractivity contribution in [2.75, 3.05) is 14.1 Å². The summed E-state index contributed by atoms with van der Waals surface area (Å²) in [5, 5.41) is 10.8. The van der Waals surface area contributed by atoms with Gasteiger partial charge in [0.2, 0.25) is 0 Å². The standard InChI is InChI=1S/C33H34FN5/c1-22(19-33(36-4)15-16-33)17-28(20-35-3)27-10-5-7-24-11-12-25(8-6-9-26(24)18-27)29-21-37-39-32(29)31-14-13-30(34)23(2)38-31/h6-14,17-18,20-21,36H,1,5,15-16,19H2,2-4H3,(H,37,39)/b9-6+,12-11-,25-8-,28-17+,35-20-. The summed E-state index contributed by atoms with van der Waals surface area (Å²) >= 11 is 0. The lowest BCUT2D eigenvalue weighted by atomic mass is 9.95. The average molecular weight is 520 g/mol. The Kier molecular flexibility index (Phi) is 7.66. The fraction of sp³-hybridized carbons (Fsp3) is 0.242. The lowest BCUT2D eigenvalue weighted by molar-refractivity contribution is 0.551. The minimum Gasteiger partial charge on any atom is -0.314 e. The monoisotopic (exact) mass is 519 g/mol. The molecule has 1 saturated carbocycles. The van der Waals surface area contributed by atoms with Gasteiger partial charge in [0.05, 0.1) is 11.4 Å². The molecule has 2 aromatic heterocycles. The van der Waals surface area contributed by atoms with Crippen molar-refractivity contribution in [3.63, 3.8) is 0 Å². The van der Waals surface area contributed by atoms with Gasteiger partial charge >= 0.3 is 0 Å². The normalized spacial score (nSPS) is 21.4. The molecule has 0 aromatic carbocycles. The van der Waals surface area contributed by atoms with Crippen LogP contribution < -0.4 is 5.32 Å². The van der Waals surface area contributed by atoms with E-state index in [0.29, 0.717) is 17.1 Å². The minimum absolute atomic E-state index is 0.213. The van der Waals surface area contributed by atoms with Gasteiger partial charge in [-0.3, -0.25) is 10.1 Å². The Hall–Kier alpha value is -4.16. The number of nitrogens with zero attached hydrogens (tertiary/aromatic N) is 3. The van der Waals surface area contributed by atoms with E-state index in [0.717, 1.165) is 51.8 Å². The van der Waals surface area contributed by atoms with Gasteiger partial charge < -0.3 is 5.32 Å². The van der Waals surface area contributed by atoms with Crippen LogP contribution in [0.4, 0.5) is 4.39 Å². The molecule has 2 aromatic rings. The smallest absolute Gasteiger partial charge is 0.144 e. The fourth-order valence-electron chi connectivity index (χ4n) is 5.01. The number of aromatic nitrogens is 3. The molecule has 5 rings (SSSR count). The largest absolute Gasteiger partial charge is 0.314 e. The van der Waals surface area contributed by atoms with E-state index >= 15 is 0 Å². The Labute approximate surface area is 229 Å². The van der Waals surface area contributed by atoms with Crippen LogP contribution in [-0.4, -0.2) is 41.0 Å². The molecule has 0 amide bonds. The molecule has 0 aliphatic heterocycles. The summed E-state index contributed by atoms with van der Waals surface area (Å²) in [6.07, 6.45) is 27.3. The summed E-state index contributed by atoms with van der Waals surface area (Å²) in [5.41, 5.74) is 9.37. The van der Waals surface area contributed by atoms with Crippen molar-refractivity contribution < 1.29 is 4.39 Å². The fourth-order valence-corrected chi connectivity index (χ4v) is 5.01. The highest BCUT2D eigenvalue weighted by Gasteiger charge is 2.40. The van der Waals surface area contributed by atoms with Crippen molar-refractivity contribution in [1.29, 1.82) is 0 Å². The van der Waals surface area contributed by atoms with Gasteiger partial charge in [0.15, 0.2) is 0 Å². The summed E-state index contributed by atoms with van der Waals surface area (Å²) in [6, 6.07) is 3.10. The first-order valence-corrected chi connectivity index (χ1v) is 13.3. The maximum absolute atomic E-state index is 13.8. The molecule has 198 valence electrons. The Balaban J connectivity index is 1.42. The molecular weight excluding hydrogens is 485 g/mol. The molecule has 0 saturated heterocycles. The number of aromatic amines is 1. The second-order valence-electron chi connectivity index (χ2n) is 10.2. The van der Waals surface area contributed by atoms with Gasteiger partial charge in [-0.05, 0) is 85.7 Å². The quantitative estimate of drug-likeness (QED) is 0.293. The van der Waals surface area contributed by atoms with Gasteiger partial charge in [-0.15, -0.1) is 0 Å². The minimum atomic E-state index is -0.325. The first kappa shape index (κ1) is 26.4. The average Bonchev–Trinajstić information content (AvgIpc) is 3.56. The van der Waals surface area contributed by atoms with Gasteiger partial charge in [-0.2, -0.15) is 5.10 Å². The van der Waals surface area contributed by atoms with Crippen LogP contribution in [0.15, 0.2) is 112 Å². The molecular formula is C33H34FN5. The van der Waals surface area contributed by atoms with Crippen LogP contribution in [0, 0.1) is 12.7 Å². The molecule has 2 heterocycles. The molecule has 1 fully saturated rings. The number of hydrogen-bond acceptors (Lipinski definition) is 4. The Morgan fingerprint density at radius 1 is 1.18 bits per heavy atom.